The van der Waals surface area contributed by atoms with E-state index in [9.17, 15) is 24.3 Å². The van der Waals surface area contributed by atoms with E-state index in [-0.39, 0.29) is 58.7 Å². The predicted molar refractivity (Wildman–Crippen MR) is 160 cm³/mol. The Balaban J connectivity index is 1.57. The van der Waals surface area contributed by atoms with E-state index < -0.39 is 22.2 Å². The summed E-state index contributed by atoms with van der Waals surface area (Å²) in [6, 6.07) is 0. The summed E-state index contributed by atoms with van der Waals surface area (Å²) in [5, 5.41) is 10.2. The molecule has 4 saturated carbocycles. The number of esters is 3. The van der Waals surface area contributed by atoms with Crippen LogP contribution in [0.2, 0.25) is 0 Å². The number of carbonyl (C=O) groups is 4. The van der Waals surface area contributed by atoms with Crippen LogP contribution in [-0.4, -0.2) is 48.8 Å². The van der Waals surface area contributed by atoms with Crippen LogP contribution in [0.4, 0.5) is 0 Å². The topological polar surface area (TPSA) is 116 Å². The Kier molecular flexibility index (Phi) is 7.70. The van der Waals surface area contributed by atoms with Crippen molar-refractivity contribution in [3.05, 3.63) is 11.6 Å². The fourth-order valence-electron chi connectivity index (χ4n) is 11.5. The third kappa shape index (κ3) is 4.42. The predicted octanol–water partition coefficient (Wildman–Crippen LogP) is 6.50. The third-order valence-electron chi connectivity index (χ3n) is 14.2. The molecule has 0 bridgehead atoms. The van der Waals surface area contributed by atoms with Gasteiger partial charge < -0.3 is 19.3 Å². The van der Waals surface area contributed by atoms with Gasteiger partial charge in [-0.3, -0.25) is 19.2 Å². The SMILES string of the molecule is COC(=O)[C@]12CC[C@](C)(C(=O)O)C[C@H]1C1=CC[C@@H]3[C@@]4(C)CC[C@H](OC(C)=O)[C@@](C)(COC(C)=O)[C@H]4CC[C@@]3(C)[C@]1(C)CC2. The molecule has 0 aromatic carbocycles. The van der Waals surface area contributed by atoms with Gasteiger partial charge in [0.05, 0.1) is 17.9 Å². The van der Waals surface area contributed by atoms with E-state index in [1.54, 1.807) is 0 Å². The number of rotatable bonds is 5. The minimum absolute atomic E-state index is 0.0711. The first-order chi connectivity index (χ1) is 19.9. The van der Waals surface area contributed by atoms with Crippen molar-refractivity contribution in [2.75, 3.05) is 13.7 Å². The van der Waals surface area contributed by atoms with E-state index in [4.69, 9.17) is 14.2 Å². The van der Waals surface area contributed by atoms with Crippen LogP contribution in [0.25, 0.3) is 0 Å². The van der Waals surface area contributed by atoms with Crippen LogP contribution in [0.5, 0.6) is 0 Å². The highest BCUT2D eigenvalue weighted by Gasteiger charge is 2.70. The molecule has 8 heteroatoms. The number of fused-ring (bicyclic) bond motifs is 7. The Morgan fingerprint density at radius 1 is 0.884 bits per heavy atom. The molecule has 0 aromatic heterocycles. The smallest absolute Gasteiger partial charge is 0.312 e. The molecule has 4 fully saturated rings. The maximum Gasteiger partial charge on any atom is 0.312 e. The number of carboxylic acid groups (broad SMARTS) is 1. The van der Waals surface area contributed by atoms with Crippen molar-refractivity contribution >= 4 is 23.9 Å². The van der Waals surface area contributed by atoms with Crippen LogP contribution in [-0.2, 0) is 33.4 Å². The monoisotopic (exact) mass is 600 g/mol. The molecule has 10 atom stereocenters. The van der Waals surface area contributed by atoms with Gasteiger partial charge in [-0.1, -0.05) is 39.3 Å². The number of ether oxygens (including phenoxy) is 3. The summed E-state index contributed by atoms with van der Waals surface area (Å²) in [6.07, 6.45) is 9.46. The number of methoxy groups -OCH3 is 1. The number of carboxylic acids is 1. The number of hydrogen-bond acceptors (Lipinski definition) is 7. The molecule has 0 unspecified atom stereocenters. The maximum atomic E-state index is 13.5. The van der Waals surface area contributed by atoms with Gasteiger partial charge >= 0.3 is 23.9 Å². The molecule has 5 rings (SSSR count). The summed E-state index contributed by atoms with van der Waals surface area (Å²) >= 11 is 0. The van der Waals surface area contributed by atoms with Crippen LogP contribution < -0.4 is 0 Å². The molecule has 0 spiro atoms. The molecule has 0 amide bonds. The van der Waals surface area contributed by atoms with Crippen molar-refractivity contribution in [2.45, 2.75) is 119 Å². The normalized spacial score (nSPS) is 46.9. The van der Waals surface area contributed by atoms with Crippen molar-refractivity contribution < 1.29 is 38.5 Å². The van der Waals surface area contributed by atoms with E-state index >= 15 is 0 Å². The Morgan fingerprint density at radius 2 is 1.56 bits per heavy atom. The van der Waals surface area contributed by atoms with Gasteiger partial charge in [0, 0.05) is 19.3 Å². The molecule has 0 saturated heterocycles. The number of hydrogen-bond donors (Lipinski definition) is 1. The fraction of sp³-hybridized carbons (Fsp3) is 0.829. The highest BCUT2D eigenvalue weighted by Crippen LogP contribution is 2.76. The van der Waals surface area contributed by atoms with Crippen LogP contribution >= 0.6 is 0 Å². The van der Waals surface area contributed by atoms with E-state index in [0.717, 1.165) is 38.5 Å². The zero-order valence-corrected chi connectivity index (χ0v) is 27.5. The van der Waals surface area contributed by atoms with Gasteiger partial charge in [0.2, 0.25) is 0 Å². The molecular weight excluding hydrogens is 548 g/mol. The van der Waals surface area contributed by atoms with Gasteiger partial charge in [0.25, 0.3) is 0 Å². The summed E-state index contributed by atoms with van der Waals surface area (Å²) in [4.78, 5) is 50.1. The highest BCUT2D eigenvalue weighted by atomic mass is 16.6. The molecule has 5 aliphatic carbocycles. The molecule has 0 aliphatic heterocycles. The molecule has 5 aliphatic rings. The van der Waals surface area contributed by atoms with Crippen LogP contribution in [0.1, 0.15) is 113 Å². The van der Waals surface area contributed by atoms with Crippen molar-refractivity contribution in [3.8, 4) is 0 Å². The summed E-state index contributed by atoms with van der Waals surface area (Å²) in [6.45, 7) is 14.3. The van der Waals surface area contributed by atoms with Gasteiger partial charge in [0.15, 0.2) is 0 Å². The van der Waals surface area contributed by atoms with Crippen LogP contribution in [0, 0.1) is 50.2 Å². The van der Waals surface area contributed by atoms with Crippen LogP contribution in [0.15, 0.2) is 11.6 Å². The third-order valence-corrected chi connectivity index (χ3v) is 14.2. The zero-order valence-electron chi connectivity index (χ0n) is 27.5. The van der Waals surface area contributed by atoms with E-state index in [0.29, 0.717) is 31.6 Å². The molecule has 8 nitrogen and oxygen atoms in total. The van der Waals surface area contributed by atoms with Gasteiger partial charge in [0.1, 0.15) is 12.7 Å². The molecule has 0 aromatic rings. The first-order valence-corrected chi connectivity index (χ1v) is 16.3. The first-order valence-electron chi connectivity index (χ1n) is 16.3. The second kappa shape index (κ2) is 10.3. The van der Waals surface area contributed by atoms with E-state index in [2.05, 4.69) is 33.8 Å². The zero-order chi connectivity index (χ0) is 31.8. The van der Waals surface area contributed by atoms with Gasteiger partial charge in [-0.25, -0.2) is 0 Å². The summed E-state index contributed by atoms with van der Waals surface area (Å²) in [5.41, 5.74) is -1.13. The quantitative estimate of drug-likeness (QED) is 0.216. The lowest BCUT2D eigenvalue weighted by Gasteiger charge is -2.71. The van der Waals surface area contributed by atoms with Crippen molar-refractivity contribution in [1.29, 1.82) is 0 Å². The van der Waals surface area contributed by atoms with Crippen molar-refractivity contribution in [1.82, 2.24) is 0 Å². The molecule has 0 radical (unpaired) electrons. The number of carbonyl (C=O) groups excluding carboxylic acids is 3. The van der Waals surface area contributed by atoms with Crippen LogP contribution in [0.3, 0.4) is 0 Å². The maximum absolute atomic E-state index is 13.5. The average Bonchev–Trinajstić information content (AvgIpc) is 2.93. The molecule has 1 N–H and O–H groups in total. The lowest BCUT2D eigenvalue weighted by atomic mass is 9.33. The summed E-state index contributed by atoms with van der Waals surface area (Å²) in [7, 11) is 1.46. The molecule has 240 valence electrons. The fourth-order valence-corrected chi connectivity index (χ4v) is 11.5. The van der Waals surface area contributed by atoms with Gasteiger partial charge in [-0.15, -0.1) is 0 Å². The number of aliphatic carboxylic acids is 1. The molecular formula is C35H52O8. The average molecular weight is 601 g/mol. The minimum atomic E-state index is -0.879. The minimum Gasteiger partial charge on any atom is -0.481 e. The Hall–Kier alpha value is -2.38. The van der Waals surface area contributed by atoms with E-state index in [1.807, 2.05) is 6.92 Å². The Bertz CT molecular complexity index is 1240. The Morgan fingerprint density at radius 3 is 2.16 bits per heavy atom. The second-order valence-electron chi connectivity index (χ2n) is 16.0. The first kappa shape index (κ1) is 32.0. The molecule has 43 heavy (non-hydrogen) atoms. The van der Waals surface area contributed by atoms with E-state index in [1.165, 1.54) is 26.5 Å². The van der Waals surface area contributed by atoms with Gasteiger partial charge in [-0.05, 0) is 105 Å². The standard InChI is InChI=1S/C35H52O8/c1-21(36)42-20-32(5)25-11-14-34(7)26(31(25,4)13-12-27(32)43-22(2)37)10-9-23-24-19-30(3,28(38)39)15-17-35(24,29(40)41-8)18-16-33(23,34)6/h9,24-27H,10-20H2,1-8H3,(H,38,39)/t24-,25-,26+,27-,30-,31-,32-,33+,34+,35-/m0/s1. The second-order valence-corrected chi connectivity index (χ2v) is 16.0. The van der Waals surface area contributed by atoms with Crippen molar-refractivity contribution in [2.24, 2.45) is 50.2 Å². The lowest BCUT2D eigenvalue weighted by Crippen LogP contribution is -2.66. The van der Waals surface area contributed by atoms with Crippen molar-refractivity contribution in [3.63, 3.8) is 0 Å². The molecule has 0 heterocycles. The number of allylic oxidation sites excluding steroid dienone is 2. The summed E-state index contributed by atoms with van der Waals surface area (Å²) < 4.78 is 17.0. The largest absolute Gasteiger partial charge is 0.481 e. The lowest BCUT2D eigenvalue weighted by molar-refractivity contribution is -0.226. The van der Waals surface area contributed by atoms with Gasteiger partial charge in [-0.2, -0.15) is 0 Å². The summed E-state index contributed by atoms with van der Waals surface area (Å²) in [5.74, 6) is -1.25. The Labute approximate surface area is 256 Å². The highest BCUT2D eigenvalue weighted by molar-refractivity contribution is 5.80.